The molecule has 0 unspecified atom stereocenters. The molecule has 1 aliphatic rings. The number of anilines is 1. The van der Waals surface area contributed by atoms with Crippen molar-refractivity contribution in [2.24, 2.45) is 11.3 Å². The van der Waals surface area contributed by atoms with Crippen LogP contribution in [0.4, 0.5) is 14.9 Å². The van der Waals surface area contributed by atoms with Gasteiger partial charge in [-0.25, -0.2) is 9.18 Å². The highest BCUT2D eigenvalue weighted by Crippen LogP contribution is 2.23. The molecule has 0 spiro atoms. The third kappa shape index (κ3) is 8.70. The summed E-state index contributed by atoms with van der Waals surface area (Å²) >= 11 is 0. The minimum atomic E-state index is -0.655. The predicted molar refractivity (Wildman–Crippen MR) is 141 cm³/mol. The molecule has 2 heterocycles. The second kappa shape index (κ2) is 12.4. The van der Waals surface area contributed by atoms with Crippen LogP contribution in [0, 0.1) is 17.2 Å². The fourth-order valence-electron chi connectivity index (χ4n) is 4.08. The topological polar surface area (TPSA) is 94.9 Å². The summed E-state index contributed by atoms with van der Waals surface area (Å²) in [6, 6.07) is 7.19. The van der Waals surface area contributed by atoms with E-state index >= 15 is 0 Å². The van der Waals surface area contributed by atoms with Gasteiger partial charge in [0.1, 0.15) is 11.6 Å². The average Bonchev–Trinajstić information content (AvgIpc) is 3.28. The molecule has 8 nitrogen and oxygen atoms in total. The monoisotopic (exact) mass is 514 g/mol. The van der Waals surface area contributed by atoms with E-state index in [9.17, 15) is 18.8 Å². The van der Waals surface area contributed by atoms with Crippen molar-refractivity contribution in [1.29, 1.82) is 0 Å². The summed E-state index contributed by atoms with van der Waals surface area (Å²) in [4.78, 5) is 41.1. The number of carbonyl (C=O) groups excluding carboxylic acids is 3. The molecule has 1 fully saturated rings. The van der Waals surface area contributed by atoms with Gasteiger partial charge in [0.25, 0.3) is 5.91 Å². The Morgan fingerprint density at radius 2 is 1.76 bits per heavy atom. The number of piperazine rings is 1. The number of urea groups is 1. The van der Waals surface area contributed by atoms with Crippen molar-refractivity contribution in [3.63, 3.8) is 0 Å². The molecule has 0 bridgehead atoms. The highest BCUT2D eigenvalue weighted by Gasteiger charge is 2.25. The maximum atomic E-state index is 14.6. The normalized spacial score (nSPS) is 14.6. The van der Waals surface area contributed by atoms with E-state index in [4.69, 9.17) is 4.42 Å². The summed E-state index contributed by atoms with van der Waals surface area (Å²) in [5.41, 5.74) is 0.168. The average molecular weight is 515 g/mol. The van der Waals surface area contributed by atoms with E-state index in [0.29, 0.717) is 57.4 Å². The predicted octanol–water partition coefficient (Wildman–Crippen LogP) is 5.16. The first-order valence-corrected chi connectivity index (χ1v) is 12.9. The van der Waals surface area contributed by atoms with Gasteiger partial charge in [0.2, 0.25) is 0 Å². The molecule has 2 N–H and O–H groups in total. The molecule has 202 valence electrons. The number of hydrogen-bond donors (Lipinski definition) is 2. The molecule has 1 aliphatic heterocycles. The molecule has 1 saturated heterocycles. The van der Waals surface area contributed by atoms with Crippen LogP contribution in [0.2, 0.25) is 0 Å². The Hall–Kier alpha value is -3.20. The van der Waals surface area contributed by atoms with Crippen molar-refractivity contribution >= 4 is 23.4 Å². The summed E-state index contributed by atoms with van der Waals surface area (Å²) in [5, 5.41) is 5.19. The minimum Gasteiger partial charge on any atom is -0.457 e. The summed E-state index contributed by atoms with van der Waals surface area (Å²) < 4.78 is 20.4. The molecule has 9 heteroatoms. The second-order valence-electron chi connectivity index (χ2n) is 11.3. The highest BCUT2D eigenvalue weighted by molar-refractivity contribution is 5.96. The van der Waals surface area contributed by atoms with Crippen LogP contribution in [0.1, 0.15) is 74.1 Å². The highest BCUT2D eigenvalue weighted by atomic mass is 19.1. The molecule has 1 aromatic carbocycles. The molecular formula is C28H39FN4O4. The number of benzene rings is 1. The Bertz CT molecular complexity index is 1100. The van der Waals surface area contributed by atoms with Crippen LogP contribution in [0.25, 0.3) is 0 Å². The number of nitrogens with one attached hydrogen (secondary N) is 2. The van der Waals surface area contributed by atoms with Gasteiger partial charge in [-0.05, 0) is 48.1 Å². The van der Waals surface area contributed by atoms with Gasteiger partial charge in [-0.1, -0.05) is 34.6 Å². The number of ketones is 1. The largest absolute Gasteiger partial charge is 0.457 e. The molecule has 0 radical (unpaired) electrons. The lowest BCUT2D eigenvalue weighted by atomic mass is 9.89. The van der Waals surface area contributed by atoms with Crippen LogP contribution >= 0.6 is 0 Å². The number of halogens is 1. The van der Waals surface area contributed by atoms with Gasteiger partial charge in [-0.15, -0.1) is 0 Å². The van der Waals surface area contributed by atoms with Crippen molar-refractivity contribution in [3.8, 4) is 0 Å². The lowest BCUT2D eigenvalue weighted by molar-refractivity contribution is 0.0617. The number of carbonyl (C=O) groups is 3. The lowest BCUT2D eigenvalue weighted by Crippen LogP contribution is -2.48. The minimum absolute atomic E-state index is 0.00521. The molecule has 0 aliphatic carbocycles. The van der Waals surface area contributed by atoms with Gasteiger partial charge in [-0.2, -0.15) is 0 Å². The molecule has 2 aromatic rings. The number of hydrogen-bond acceptors (Lipinski definition) is 5. The van der Waals surface area contributed by atoms with Crippen LogP contribution in [0.3, 0.4) is 0 Å². The third-order valence-electron chi connectivity index (χ3n) is 6.14. The smallest absolute Gasteiger partial charge is 0.319 e. The van der Waals surface area contributed by atoms with Crippen molar-refractivity contribution in [3.05, 3.63) is 53.2 Å². The van der Waals surface area contributed by atoms with Crippen molar-refractivity contribution in [1.82, 2.24) is 15.1 Å². The summed E-state index contributed by atoms with van der Waals surface area (Å²) in [6.45, 7) is 13.5. The summed E-state index contributed by atoms with van der Waals surface area (Å²) in [5.74, 6) is 0.644. The van der Waals surface area contributed by atoms with Gasteiger partial charge in [0.05, 0.1) is 12.2 Å². The number of nitrogens with zero attached hydrogens (tertiary/aromatic N) is 2. The third-order valence-corrected chi connectivity index (χ3v) is 6.14. The second-order valence-corrected chi connectivity index (χ2v) is 11.3. The van der Waals surface area contributed by atoms with Crippen LogP contribution in [0.15, 0.2) is 34.7 Å². The molecule has 1 aromatic heterocycles. The fourth-order valence-corrected chi connectivity index (χ4v) is 4.08. The first-order valence-electron chi connectivity index (χ1n) is 12.9. The van der Waals surface area contributed by atoms with Gasteiger partial charge >= 0.3 is 6.03 Å². The molecule has 3 rings (SSSR count). The zero-order valence-corrected chi connectivity index (χ0v) is 22.5. The zero-order chi connectivity index (χ0) is 27.2. The van der Waals surface area contributed by atoms with Gasteiger partial charge in [0, 0.05) is 44.7 Å². The van der Waals surface area contributed by atoms with E-state index < -0.39 is 11.8 Å². The van der Waals surface area contributed by atoms with Crippen LogP contribution in [-0.2, 0) is 6.54 Å². The Morgan fingerprint density at radius 1 is 1.05 bits per heavy atom. The van der Waals surface area contributed by atoms with Crippen molar-refractivity contribution in [2.45, 2.75) is 54.0 Å². The Morgan fingerprint density at radius 3 is 2.38 bits per heavy atom. The van der Waals surface area contributed by atoms with Gasteiger partial charge < -0.3 is 20.0 Å². The molecule has 0 saturated carbocycles. The van der Waals surface area contributed by atoms with E-state index in [1.165, 1.54) is 12.1 Å². The number of Topliss-reactive ketones (excluding diaryl/α,β-unsaturated/α-hetero) is 1. The van der Waals surface area contributed by atoms with Crippen LogP contribution in [0.5, 0.6) is 0 Å². The number of amides is 3. The standard InChI is InChI=1S/C28H39FN4O4/c1-19(2)10-11-30-27(36)31-23-8-6-20(16-22(23)29)26(35)33-14-12-32(13-15-33)18-21-7-9-25(37-21)24(34)17-28(3,4)5/h6-9,16,19H,10-15,17-18H2,1-5H3,(H2,30,31,36). The van der Waals surface area contributed by atoms with E-state index in [0.717, 1.165) is 18.2 Å². The summed E-state index contributed by atoms with van der Waals surface area (Å²) in [6.07, 6.45) is 1.25. The first kappa shape index (κ1) is 28.4. The fraction of sp³-hybridized carbons (Fsp3) is 0.536. The number of rotatable bonds is 9. The lowest BCUT2D eigenvalue weighted by Gasteiger charge is -2.34. The van der Waals surface area contributed by atoms with Gasteiger partial charge in [0.15, 0.2) is 11.5 Å². The van der Waals surface area contributed by atoms with E-state index in [1.54, 1.807) is 11.0 Å². The van der Waals surface area contributed by atoms with Crippen molar-refractivity contribution in [2.75, 3.05) is 38.0 Å². The molecule has 3 amide bonds. The van der Waals surface area contributed by atoms with Crippen LogP contribution < -0.4 is 10.6 Å². The number of furan rings is 1. The molecular weight excluding hydrogens is 475 g/mol. The SMILES string of the molecule is CC(C)CCNC(=O)Nc1ccc(C(=O)N2CCN(Cc3ccc(C(=O)CC(C)(C)C)o3)CC2)cc1F. The first-order chi connectivity index (χ1) is 17.4. The maximum Gasteiger partial charge on any atom is 0.319 e. The molecule has 0 atom stereocenters. The zero-order valence-electron chi connectivity index (χ0n) is 22.5. The van der Waals surface area contributed by atoms with Gasteiger partial charge in [-0.3, -0.25) is 14.5 Å². The maximum absolute atomic E-state index is 14.6. The Kier molecular flexibility index (Phi) is 9.48. The van der Waals surface area contributed by atoms with E-state index in [2.05, 4.69) is 29.4 Å². The van der Waals surface area contributed by atoms with E-state index in [-0.39, 0.29) is 28.4 Å². The van der Waals surface area contributed by atoms with Crippen LogP contribution in [-0.4, -0.2) is 60.2 Å². The van der Waals surface area contributed by atoms with E-state index in [1.807, 2.05) is 26.8 Å². The molecule has 37 heavy (non-hydrogen) atoms. The Balaban J connectivity index is 1.48. The van der Waals surface area contributed by atoms with Crippen molar-refractivity contribution < 1.29 is 23.2 Å². The quantitative estimate of drug-likeness (QED) is 0.451. The summed E-state index contributed by atoms with van der Waals surface area (Å²) in [7, 11) is 0. The Labute approximate surface area is 218 Å².